The maximum Gasteiger partial charge on any atom is 0.138 e. The molecule has 0 aliphatic rings. The smallest absolute Gasteiger partial charge is 0.138 e. The summed E-state index contributed by atoms with van der Waals surface area (Å²) < 4.78 is 6.35. The van der Waals surface area contributed by atoms with Crippen LogP contribution in [-0.2, 0) is 6.54 Å². The summed E-state index contributed by atoms with van der Waals surface area (Å²) in [7, 11) is 0. The highest BCUT2D eigenvalue weighted by atomic mass is 79.9. The zero-order valence-corrected chi connectivity index (χ0v) is 10.9. The minimum absolute atomic E-state index is 0.237. The van der Waals surface area contributed by atoms with Crippen molar-refractivity contribution in [2.24, 2.45) is 5.73 Å². The Labute approximate surface area is 107 Å². The molecular weight excluding hydrogens is 301 g/mol. The summed E-state index contributed by atoms with van der Waals surface area (Å²) in [5.74, 6) is 0.705. The number of rotatable bonds is 4. The van der Waals surface area contributed by atoms with Gasteiger partial charge in [0.15, 0.2) is 0 Å². The summed E-state index contributed by atoms with van der Waals surface area (Å²) in [6, 6.07) is 5.68. The highest BCUT2D eigenvalue weighted by Crippen LogP contribution is 2.29. The highest BCUT2D eigenvalue weighted by molar-refractivity contribution is 9.10. The molecule has 0 atom stereocenters. The maximum atomic E-state index is 5.72. The minimum Gasteiger partial charge on any atom is -0.486 e. The van der Waals surface area contributed by atoms with Crippen molar-refractivity contribution >= 4 is 39.1 Å². The van der Waals surface area contributed by atoms with Gasteiger partial charge in [-0.2, -0.15) is 0 Å². The first-order valence-electron chi connectivity index (χ1n) is 4.24. The van der Waals surface area contributed by atoms with Crippen LogP contribution in [0.1, 0.15) is 5.56 Å². The topological polar surface area (TPSA) is 35.2 Å². The van der Waals surface area contributed by atoms with Crippen LogP contribution in [0.4, 0.5) is 0 Å². The zero-order valence-electron chi connectivity index (χ0n) is 7.84. The maximum absolute atomic E-state index is 5.72. The quantitative estimate of drug-likeness (QED) is 0.922. The van der Waals surface area contributed by atoms with Gasteiger partial charge in [0.05, 0.1) is 9.51 Å². The highest BCUT2D eigenvalue weighted by Gasteiger charge is 2.06. The minimum atomic E-state index is 0.237. The number of halogens is 3. The molecule has 0 fully saturated rings. The van der Waals surface area contributed by atoms with Crippen LogP contribution in [0.5, 0.6) is 5.75 Å². The van der Waals surface area contributed by atoms with E-state index in [2.05, 4.69) is 15.9 Å². The van der Waals surface area contributed by atoms with Crippen molar-refractivity contribution in [3.8, 4) is 5.75 Å². The van der Waals surface area contributed by atoms with E-state index in [0.29, 0.717) is 17.3 Å². The van der Waals surface area contributed by atoms with E-state index in [1.54, 1.807) is 0 Å². The molecule has 0 bridgehead atoms. The van der Waals surface area contributed by atoms with E-state index in [9.17, 15) is 0 Å². The van der Waals surface area contributed by atoms with Crippen LogP contribution in [0.15, 0.2) is 33.2 Å². The number of hydrogen-bond donors (Lipinski definition) is 1. The predicted octanol–water partition coefficient (Wildman–Crippen LogP) is 3.61. The normalized spacial score (nSPS) is 11.6. The average Bonchev–Trinajstić information content (AvgIpc) is 2.26. The molecule has 0 aliphatic heterocycles. The van der Waals surface area contributed by atoms with Gasteiger partial charge < -0.3 is 10.5 Å². The third-order valence-electron chi connectivity index (χ3n) is 1.74. The molecule has 2 nitrogen and oxygen atoms in total. The summed E-state index contributed by atoms with van der Waals surface area (Å²) in [6.45, 7) is 0.650. The molecule has 0 aliphatic carbocycles. The molecule has 2 N–H and O–H groups in total. The molecule has 0 unspecified atom stereocenters. The van der Waals surface area contributed by atoms with Gasteiger partial charge in [0.25, 0.3) is 0 Å². The zero-order chi connectivity index (χ0) is 11.3. The van der Waals surface area contributed by atoms with Crippen LogP contribution in [-0.4, -0.2) is 6.61 Å². The first kappa shape index (κ1) is 12.8. The lowest BCUT2D eigenvalue weighted by Crippen LogP contribution is -2.04. The van der Waals surface area contributed by atoms with Crippen LogP contribution in [0, 0.1) is 0 Å². The van der Waals surface area contributed by atoms with Crippen molar-refractivity contribution in [2.45, 2.75) is 6.54 Å². The summed E-state index contributed by atoms with van der Waals surface area (Å²) in [5, 5.41) is 0.440. The van der Waals surface area contributed by atoms with Crippen molar-refractivity contribution < 1.29 is 4.74 Å². The molecule has 1 rings (SSSR count). The second-order valence-electron chi connectivity index (χ2n) is 2.78. The van der Waals surface area contributed by atoms with Crippen molar-refractivity contribution in [1.29, 1.82) is 0 Å². The van der Waals surface area contributed by atoms with Gasteiger partial charge >= 0.3 is 0 Å². The Balaban J connectivity index is 2.83. The van der Waals surface area contributed by atoms with Crippen LogP contribution in [0.3, 0.4) is 0 Å². The molecule has 1 aromatic rings. The molecular formula is C10H10BrCl2NO. The van der Waals surface area contributed by atoms with Crippen LogP contribution in [0.25, 0.3) is 0 Å². The first-order chi connectivity index (χ1) is 7.19. The Morgan fingerprint density at radius 3 is 2.87 bits per heavy atom. The van der Waals surface area contributed by atoms with Crippen molar-refractivity contribution in [3.05, 3.63) is 38.8 Å². The van der Waals surface area contributed by atoms with E-state index in [1.165, 1.54) is 5.54 Å². The molecule has 0 heterocycles. The molecule has 0 saturated carbocycles. The Kier molecular flexibility index (Phi) is 5.47. The van der Waals surface area contributed by atoms with E-state index in [1.807, 2.05) is 18.2 Å². The second-order valence-corrected chi connectivity index (χ2v) is 4.33. The average molecular weight is 311 g/mol. The van der Waals surface area contributed by atoms with Crippen molar-refractivity contribution in [2.75, 3.05) is 6.61 Å². The molecule has 0 spiro atoms. The van der Waals surface area contributed by atoms with E-state index in [0.717, 1.165) is 10.0 Å². The molecule has 82 valence electrons. The number of benzene rings is 1. The van der Waals surface area contributed by atoms with Gasteiger partial charge in [-0.15, -0.1) is 0 Å². The fraction of sp³-hybridized carbons (Fsp3) is 0.200. The molecule has 0 saturated heterocycles. The van der Waals surface area contributed by atoms with Gasteiger partial charge in [-0.25, -0.2) is 0 Å². The van der Waals surface area contributed by atoms with E-state index in [4.69, 9.17) is 33.7 Å². The lowest BCUT2D eigenvalue weighted by molar-refractivity contribution is 0.353. The number of nitrogens with two attached hydrogens (primary N) is 1. The number of ether oxygens (including phenoxy) is 1. The monoisotopic (exact) mass is 309 g/mol. The van der Waals surface area contributed by atoms with Crippen molar-refractivity contribution in [1.82, 2.24) is 0 Å². The lowest BCUT2D eigenvalue weighted by Gasteiger charge is -2.11. The van der Waals surface area contributed by atoms with Gasteiger partial charge in [0.1, 0.15) is 12.4 Å². The third-order valence-corrected chi connectivity index (χ3v) is 2.96. The Morgan fingerprint density at radius 1 is 1.53 bits per heavy atom. The van der Waals surface area contributed by atoms with Gasteiger partial charge in [-0.1, -0.05) is 35.3 Å². The summed E-state index contributed by atoms with van der Waals surface area (Å²) in [5.41, 5.74) is 7.78. The summed E-state index contributed by atoms with van der Waals surface area (Å²) >= 11 is 14.5. The molecule has 0 amide bonds. The van der Waals surface area contributed by atoms with E-state index < -0.39 is 0 Å². The Bertz CT molecular complexity index is 368. The van der Waals surface area contributed by atoms with Crippen LogP contribution >= 0.6 is 39.1 Å². The molecule has 0 aromatic heterocycles. The Hall–Kier alpha value is -0.220. The van der Waals surface area contributed by atoms with Gasteiger partial charge in [0.2, 0.25) is 0 Å². The Morgan fingerprint density at radius 2 is 2.27 bits per heavy atom. The molecule has 15 heavy (non-hydrogen) atoms. The summed E-state index contributed by atoms with van der Waals surface area (Å²) in [6.07, 6.45) is 0. The lowest BCUT2D eigenvalue weighted by atomic mass is 10.2. The van der Waals surface area contributed by atoms with E-state index >= 15 is 0 Å². The predicted molar refractivity (Wildman–Crippen MR) is 67.3 cm³/mol. The van der Waals surface area contributed by atoms with Gasteiger partial charge in [-0.05, 0) is 22.0 Å². The largest absolute Gasteiger partial charge is 0.486 e. The SMILES string of the molecule is NCc1cccc(Br)c1OCC(Cl)=CCl. The summed E-state index contributed by atoms with van der Waals surface area (Å²) in [4.78, 5) is 0. The van der Waals surface area contributed by atoms with Gasteiger partial charge in [0, 0.05) is 17.6 Å². The molecule has 1 aromatic carbocycles. The van der Waals surface area contributed by atoms with E-state index in [-0.39, 0.29) is 6.61 Å². The number of hydrogen-bond acceptors (Lipinski definition) is 2. The van der Waals surface area contributed by atoms with Crippen molar-refractivity contribution in [3.63, 3.8) is 0 Å². The molecule has 5 heteroatoms. The van der Waals surface area contributed by atoms with Crippen LogP contribution in [0.2, 0.25) is 0 Å². The molecule has 0 radical (unpaired) electrons. The second kappa shape index (κ2) is 6.38. The fourth-order valence-corrected chi connectivity index (χ4v) is 1.69. The standard InChI is InChI=1S/C10H10BrCl2NO/c11-9-3-1-2-7(5-14)10(9)15-6-8(13)4-12/h1-4H,5-6,14H2. The number of para-hydroxylation sites is 1. The third kappa shape index (κ3) is 3.68. The van der Waals surface area contributed by atoms with Gasteiger partial charge in [-0.3, -0.25) is 0 Å². The van der Waals surface area contributed by atoms with Crippen LogP contribution < -0.4 is 10.5 Å². The first-order valence-corrected chi connectivity index (χ1v) is 5.84. The fourth-order valence-electron chi connectivity index (χ4n) is 1.05.